The van der Waals surface area contributed by atoms with Crippen LogP contribution in [-0.2, 0) is 16.9 Å². The van der Waals surface area contributed by atoms with Crippen LogP contribution in [0, 0.1) is 13.8 Å². The Hall–Kier alpha value is -2.48. The van der Waals surface area contributed by atoms with Gasteiger partial charge in [0, 0.05) is 23.1 Å². The van der Waals surface area contributed by atoms with Crippen LogP contribution in [0.2, 0.25) is 0 Å². The summed E-state index contributed by atoms with van der Waals surface area (Å²) >= 11 is 3.41. The van der Waals surface area contributed by atoms with Crippen LogP contribution in [0.25, 0.3) is 11.0 Å². The van der Waals surface area contributed by atoms with E-state index >= 15 is 0 Å². The lowest BCUT2D eigenvalue weighted by Gasteiger charge is -2.20. The first-order valence-corrected chi connectivity index (χ1v) is 9.89. The summed E-state index contributed by atoms with van der Waals surface area (Å²) in [6, 6.07) is 5.67. The molecule has 3 aromatic rings. The van der Waals surface area contributed by atoms with Crippen molar-refractivity contribution >= 4 is 38.6 Å². The normalized spacial score (nSPS) is 11.8. The molecule has 0 saturated heterocycles. The number of amides is 1. The van der Waals surface area contributed by atoms with E-state index in [1.165, 1.54) is 4.57 Å². The van der Waals surface area contributed by atoms with Crippen LogP contribution < -0.4 is 10.9 Å². The van der Waals surface area contributed by atoms with Gasteiger partial charge in [0.1, 0.15) is 11.2 Å². The molecule has 2 heterocycles. The summed E-state index contributed by atoms with van der Waals surface area (Å²) < 4.78 is 4.25. The summed E-state index contributed by atoms with van der Waals surface area (Å²) in [6.45, 7) is 10.00. The second kappa shape index (κ2) is 7.50. The number of carbonyl (C=O) groups is 1. The summed E-state index contributed by atoms with van der Waals surface area (Å²) in [5, 5.41) is 7.69. The largest absolute Gasteiger partial charge is 0.326 e. The van der Waals surface area contributed by atoms with Gasteiger partial charge in [0.15, 0.2) is 5.65 Å². The van der Waals surface area contributed by atoms with Gasteiger partial charge < -0.3 is 5.32 Å². The monoisotopic (exact) mass is 445 g/mol. The molecular weight excluding hydrogens is 422 g/mol. The van der Waals surface area contributed by atoms with Crippen LogP contribution in [0.4, 0.5) is 5.69 Å². The molecule has 1 amide bonds. The van der Waals surface area contributed by atoms with Crippen LogP contribution in [0.1, 0.15) is 38.6 Å². The second-order valence-corrected chi connectivity index (χ2v) is 8.75. The molecule has 0 aliphatic heterocycles. The van der Waals surface area contributed by atoms with E-state index in [1.807, 2.05) is 45.9 Å². The lowest BCUT2D eigenvalue weighted by atomic mass is 10.1. The Kier molecular flexibility index (Phi) is 5.43. The van der Waals surface area contributed by atoms with Gasteiger partial charge in [-0.15, -0.1) is 0 Å². The summed E-state index contributed by atoms with van der Waals surface area (Å²) in [6.07, 6.45) is 1.73. The number of anilines is 1. The van der Waals surface area contributed by atoms with Crippen molar-refractivity contribution in [3.05, 3.63) is 50.6 Å². The average Bonchev–Trinajstić information content (AvgIpc) is 3.01. The molecule has 0 aliphatic carbocycles. The van der Waals surface area contributed by atoms with Gasteiger partial charge in [-0.05, 0) is 58.4 Å². The summed E-state index contributed by atoms with van der Waals surface area (Å²) in [5.41, 5.74) is 1.85. The Bertz CT molecular complexity index is 1110. The third kappa shape index (κ3) is 4.01. The van der Waals surface area contributed by atoms with Crippen LogP contribution in [0.5, 0.6) is 0 Å². The molecule has 0 atom stereocenters. The van der Waals surface area contributed by atoms with Crippen molar-refractivity contribution in [1.29, 1.82) is 0 Å². The molecule has 7 nitrogen and oxygen atoms in total. The van der Waals surface area contributed by atoms with E-state index in [9.17, 15) is 9.59 Å². The number of benzene rings is 1. The number of nitrogens with one attached hydrogen (secondary N) is 1. The van der Waals surface area contributed by atoms with Crippen molar-refractivity contribution in [3.8, 4) is 0 Å². The molecule has 0 bridgehead atoms. The lowest BCUT2D eigenvalue weighted by Crippen LogP contribution is -2.28. The molecule has 3 rings (SSSR count). The molecule has 1 N–H and O–H groups in total. The molecular formula is C20H24BrN5O2. The highest BCUT2D eigenvalue weighted by molar-refractivity contribution is 9.10. The molecule has 0 fully saturated rings. The standard InChI is InChI=1S/C20H24BrN5O2/c1-12-10-14(21)6-7-16(12)24-17(27)8-9-25-13(2)23-18-15(19(25)28)11-22-26(18)20(3,4)5/h6-7,10-11H,8-9H2,1-5H3,(H,24,27). The third-order valence-corrected chi connectivity index (χ3v) is 5.03. The van der Waals surface area contributed by atoms with Gasteiger partial charge in [0.2, 0.25) is 5.91 Å². The first-order chi connectivity index (χ1) is 13.1. The Labute approximate surface area is 171 Å². The van der Waals surface area contributed by atoms with Gasteiger partial charge in [-0.25, -0.2) is 9.67 Å². The number of rotatable bonds is 4. The summed E-state index contributed by atoms with van der Waals surface area (Å²) in [7, 11) is 0. The van der Waals surface area contributed by atoms with Crippen LogP contribution in [-0.4, -0.2) is 25.2 Å². The molecule has 148 valence electrons. The topological polar surface area (TPSA) is 81.8 Å². The highest BCUT2D eigenvalue weighted by Crippen LogP contribution is 2.21. The molecule has 28 heavy (non-hydrogen) atoms. The quantitative estimate of drug-likeness (QED) is 0.662. The highest BCUT2D eigenvalue weighted by Gasteiger charge is 2.21. The van der Waals surface area contributed by atoms with Crippen molar-refractivity contribution in [2.45, 2.75) is 53.1 Å². The fourth-order valence-electron chi connectivity index (χ4n) is 3.05. The van der Waals surface area contributed by atoms with Crippen LogP contribution in [0.15, 0.2) is 33.7 Å². The maximum absolute atomic E-state index is 12.9. The van der Waals surface area contributed by atoms with Crippen LogP contribution >= 0.6 is 15.9 Å². The average molecular weight is 446 g/mol. The molecule has 8 heteroatoms. The molecule has 2 aromatic heterocycles. The number of halogens is 1. The first-order valence-electron chi connectivity index (χ1n) is 9.09. The molecule has 0 unspecified atom stereocenters. The maximum atomic E-state index is 12.9. The Morgan fingerprint density at radius 3 is 2.61 bits per heavy atom. The van der Waals surface area contributed by atoms with Crippen molar-refractivity contribution in [2.24, 2.45) is 0 Å². The van der Waals surface area contributed by atoms with E-state index < -0.39 is 0 Å². The van der Waals surface area contributed by atoms with E-state index in [1.54, 1.807) is 17.8 Å². The minimum atomic E-state index is -0.276. The van der Waals surface area contributed by atoms with Gasteiger partial charge in [0.25, 0.3) is 5.56 Å². The number of hydrogen-bond acceptors (Lipinski definition) is 4. The molecule has 0 radical (unpaired) electrons. The second-order valence-electron chi connectivity index (χ2n) is 7.84. The molecule has 0 spiro atoms. The number of nitrogens with zero attached hydrogens (tertiary/aromatic N) is 4. The van der Waals surface area contributed by atoms with Crippen LogP contribution in [0.3, 0.4) is 0 Å². The lowest BCUT2D eigenvalue weighted by molar-refractivity contribution is -0.116. The minimum absolute atomic E-state index is 0.151. The number of fused-ring (bicyclic) bond motifs is 1. The minimum Gasteiger partial charge on any atom is -0.326 e. The van der Waals surface area contributed by atoms with Gasteiger partial charge in [-0.2, -0.15) is 5.10 Å². The summed E-state index contributed by atoms with van der Waals surface area (Å²) in [5.74, 6) is 0.415. The van der Waals surface area contributed by atoms with Gasteiger partial charge in [0.05, 0.1) is 11.7 Å². The number of aryl methyl sites for hydroxylation is 2. The smallest absolute Gasteiger partial charge is 0.264 e. The number of hydrogen-bond donors (Lipinski definition) is 1. The Morgan fingerprint density at radius 1 is 1.25 bits per heavy atom. The van der Waals surface area contributed by atoms with E-state index in [0.29, 0.717) is 16.9 Å². The highest BCUT2D eigenvalue weighted by atomic mass is 79.9. The third-order valence-electron chi connectivity index (χ3n) is 4.54. The predicted molar refractivity (Wildman–Crippen MR) is 114 cm³/mol. The van der Waals surface area contributed by atoms with Crippen molar-refractivity contribution in [2.75, 3.05) is 5.32 Å². The Balaban J connectivity index is 1.81. The van der Waals surface area contributed by atoms with Crippen molar-refractivity contribution in [1.82, 2.24) is 19.3 Å². The van der Waals surface area contributed by atoms with E-state index in [2.05, 4.69) is 31.3 Å². The van der Waals surface area contributed by atoms with Gasteiger partial charge in [-0.1, -0.05) is 15.9 Å². The number of carbonyl (C=O) groups excluding carboxylic acids is 1. The van der Waals surface area contributed by atoms with E-state index in [4.69, 9.17) is 0 Å². The fourth-order valence-corrected chi connectivity index (χ4v) is 3.53. The zero-order valence-electron chi connectivity index (χ0n) is 16.7. The molecule has 0 aliphatic rings. The molecule has 1 aromatic carbocycles. The summed E-state index contributed by atoms with van der Waals surface area (Å²) in [4.78, 5) is 29.8. The SMILES string of the molecule is Cc1cc(Br)ccc1NC(=O)CCn1c(C)nc2c(cnn2C(C)(C)C)c1=O. The van der Waals surface area contributed by atoms with Gasteiger partial charge >= 0.3 is 0 Å². The van der Waals surface area contributed by atoms with Gasteiger partial charge in [-0.3, -0.25) is 14.2 Å². The van der Waals surface area contributed by atoms with E-state index in [-0.39, 0.29) is 30.0 Å². The first kappa shape index (κ1) is 20.3. The van der Waals surface area contributed by atoms with E-state index in [0.717, 1.165) is 15.7 Å². The van der Waals surface area contributed by atoms with Crippen molar-refractivity contribution in [3.63, 3.8) is 0 Å². The molecule has 0 saturated carbocycles. The predicted octanol–water partition coefficient (Wildman–Crippen LogP) is 3.76. The maximum Gasteiger partial charge on any atom is 0.264 e. The zero-order valence-corrected chi connectivity index (χ0v) is 18.3. The zero-order chi connectivity index (χ0) is 20.6. The van der Waals surface area contributed by atoms with Crippen molar-refractivity contribution < 1.29 is 4.79 Å². The Morgan fingerprint density at radius 2 is 1.96 bits per heavy atom. The number of aromatic nitrogens is 4. The fraction of sp³-hybridized carbons (Fsp3) is 0.400.